The summed E-state index contributed by atoms with van der Waals surface area (Å²) in [6.07, 6.45) is 0.307. The highest BCUT2D eigenvalue weighted by atomic mass is 16.7. The third kappa shape index (κ3) is 6.08. The van der Waals surface area contributed by atoms with Crippen molar-refractivity contribution >= 4 is 11.8 Å². The number of imide groups is 1. The smallest absolute Gasteiger partial charge is 0.261 e. The Morgan fingerprint density at radius 2 is 1.40 bits per heavy atom. The van der Waals surface area contributed by atoms with E-state index < -0.39 is 6.29 Å². The molecule has 8 nitrogen and oxygen atoms in total. The molecule has 3 aliphatic rings. The number of benzene rings is 4. The third-order valence-corrected chi connectivity index (χ3v) is 9.04. The van der Waals surface area contributed by atoms with Gasteiger partial charge >= 0.3 is 0 Å². The van der Waals surface area contributed by atoms with Gasteiger partial charge in [0.15, 0.2) is 6.29 Å². The molecule has 2 fully saturated rings. The second-order valence-electron chi connectivity index (χ2n) is 12.1. The number of hydrogen-bond acceptors (Lipinski definition) is 7. The fourth-order valence-corrected chi connectivity index (χ4v) is 6.61. The van der Waals surface area contributed by atoms with Crippen molar-refractivity contribution in [3.63, 3.8) is 0 Å². The number of hydrogen-bond donors (Lipinski definition) is 2. The number of aliphatic hydroxyl groups excluding tert-OH is 2. The molecule has 8 heteroatoms. The lowest BCUT2D eigenvalue weighted by atomic mass is 9.97. The van der Waals surface area contributed by atoms with E-state index in [1.54, 1.807) is 24.3 Å². The van der Waals surface area contributed by atoms with Crippen LogP contribution in [0.15, 0.2) is 97.1 Å². The summed E-state index contributed by atoms with van der Waals surface area (Å²) in [5.74, 6) is -0.545. The Bertz CT molecular complexity index is 1650. The number of rotatable bonds is 8. The summed E-state index contributed by atoms with van der Waals surface area (Å²) in [5.41, 5.74) is 6.44. The Morgan fingerprint density at radius 1 is 0.756 bits per heavy atom. The molecule has 4 atom stereocenters. The monoisotopic (exact) mass is 604 g/mol. The summed E-state index contributed by atoms with van der Waals surface area (Å²) in [4.78, 5) is 29.6. The second kappa shape index (κ2) is 12.7. The quantitative estimate of drug-likeness (QED) is 0.265. The van der Waals surface area contributed by atoms with Gasteiger partial charge in [-0.3, -0.25) is 19.4 Å². The Balaban J connectivity index is 1.11. The van der Waals surface area contributed by atoms with Gasteiger partial charge in [0.1, 0.15) is 0 Å². The van der Waals surface area contributed by atoms with Crippen molar-refractivity contribution in [2.75, 3.05) is 19.6 Å². The lowest BCUT2D eigenvalue weighted by Gasteiger charge is -2.38. The molecule has 3 heterocycles. The Labute approximate surface area is 262 Å². The van der Waals surface area contributed by atoms with Gasteiger partial charge in [-0.2, -0.15) is 0 Å². The van der Waals surface area contributed by atoms with Crippen LogP contribution in [0.25, 0.3) is 11.1 Å². The van der Waals surface area contributed by atoms with Crippen LogP contribution in [0, 0.1) is 0 Å². The zero-order chi connectivity index (χ0) is 30.9. The average Bonchev–Trinajstić information content (AvgIpc) is 3.60. The molecular formula is C37H36N2O6. The van der Waals surface area contributed by atoms with E-state index in [-0.39, 0.29) is 43.3 Å². The van der Waals surface area contributed by atoms with Crippen LogP contribution in [0.5, 0.6) is 0 Å². The number of nitrogens with zero attached hydrogens (tertiary/aromatic N) is 2. The first-order chi connectivity index (χ1) is 22.0. The summed E-state index contributed by atoms with van der Waals surface area (Å²) < 4.78 is 13.0. The average molecular weight is 605 g/mol. The molecule has 0 bridgehead atoms. The first-order valence-electron chi connectivity index (χ1n) is 15.5. The minimum atomic E-state index is -0.582. The van der Waals surface area contributed by atoms with Gasteiger partial charge in [0.25, 0.3) is 11.8 Å². The van der Waals surface area contributed by atoms with Crippen molar-refractivity contribution in [3.05, 3.63) is 130 Å². The molecule has 4 unspecified atom stereocenters. The predicted molar refractivity (Wildman–Crippen MR) is 168 cm³/mol. The van der Waals surface area contributed by atoms with Crippen molar-refractivity contribution < 1.29 is 29.3 Å². The normalized spacial score (nSPS) is 23.5. The molecular weight excluding hydrogens is 568 g/mol. The number of fused-ring (bicyclic) bond motifs is 1. The van der Waals surface area contributed by atoms with Gasteiger partial charge in [0, 0.05) is 31.6 Å². The van der Waals surface area contributed by atoms with Crippen LogP contribution in [0.4, 0.5) is 0 Å². The first kappa shape index (κ1) is 29.5. The van der Waals surface area contributed by atoms with Crippen LogP contribution < -0.4 is 0 Å². The summed E-state index contributed by atoms with van der Waals surface area (Å²) in [7, 11) is 0. The molecule has 2 amide bonds. The molecule has 0 saturated carbocycles. The topological polar surface area (TPSA) is 99.5 Å². The minimum absolute atomic E-state index is 0.00870. The molecule has 45 heavy (non-hydrogen) atoms. The van der Waals surface area contributed by atoms with Gasteiger partial charge in [0.05, 0.1) is 42.6 Å². The van der Waals surface area contributed by atoms with E-state index in [9.17, 15) is 19.8 Å². The van der Waals surface area contributed by atoms with Crippen LogP contribution in [0.3, 0.4) is 0 Å². The van der Waals surface area contributed by atoms with Crippen molar-refractivity contribution in [2.45, 2.75) is 50.6 Å². The maximum absolute atomic E-state index is 13.0. The van der Waals surface area contributed by atoms with E-state index in [2.05, 4.69) is 4.90 Å². The lowest BCUT2D eigenvalue weighted by Crippen LogP contribution is -2.38. The van der Waals surface area contributed by atoms with Gasteiger partial charge in [-0.25, -0.2) is 0 Å². The Hall–Kier alpha value is -4.18. The number of ether oxygens (including phenoxy) is 2. The number of carbonyl (C=O) groups excluding carboxylic acids is 2. The second-order valence-corrected chi connectivity index (χ2v) is 12.1. The van der Waals surface area contributed by atoms with E-state index in [0.717, 1.165) is 46.3 Å². The number of likely N-dealkylation sites (tertiary alicyclic amines) is 1. The Kier molecular flexibility index (Phi) is 8.31. The van der Waals surface area contributed by atoms with E-state index in [0.29, 0.717) is 30.6 Å². The molecule has 4 aromatic rings. The third-order valence-electron chi connectivity index (χ3n) is 9.04. The van der Waals surface area contributed by atoms with Crippen molar-refractivity contribution in [2.24, 2.45) is 0 Å². The van der Waals surface area contributed by atoms with E-state index in [4.69, 9.17) is 9.47 Å². The zero-order valence-corrected chi connectivity index (χ0v) is 24.9. The standard InChI is InChI=1S/C37H36N2O6/c40-23-24-9-11-26(12-10-24)34-19-30(22-38-18-17-29(41)21-38)44-37(45-34)27-15-13-25(14-16-27)31-6-2-1-5-28(31)20-39-35(42)32-7-3-4-8-33(32)36(39)43/h1-16,29-30,34,37,40-41H,17-23H2. The van der Waals surface area contributed by atoms with Gasteiger partial charge in [-0.05, 0) is 46.4 Å². The van der Waals surface area contributed by atoms with Gasteiger partial charge in [-0.1, -0.05) is 84.9 Å². The minimum Gasteiger partial charge on any atom is -0.392 e. The SMILES string of the molecule is O=C1c2ccccc2C(=O)N1Cc1ccccc1-c1ccc(C2OC(CN3CCC(O)C3)CC(c3ccc(CO)cc3)O2)cc1. The summed E-state index contributed by atoms with van der Waals surface area (Å²) >= 11 is 0. The van der Waals surface area contributed by atoms with Crippen LogP contribution in [-0.2, 0) is 22.6 Å². The maximum Gasteiger partial charge on any atom is 0.261 e. The van der Waals surface area contributed by atoms with E-state index >= 15 is 0 Å². The van der Waals surface area contributed by atoms with Crippen molar-refractivity contribution in [1.82, 2.24) is 9.80 Å². The molecule has 0 aromatic heterocycles. The molecule has 230 valence electrons. The van der Waals surface area contributed by atoms with E-state index in [1.165, 1.54) is 4.90 Å². The van der Waals surface area contributed by atoms with Crippen LogP contribution in [-0.4, -0.2) is 63.7 Å². The molecule has 3 aliphatic heterocycles. The summed E-state index contributed by atoms with van der Waals surface area (Å²) in [5, 5.41) is 19.6. The van der Waals surface area contributed by atoms with E-state index in [1.807, 2.05) is 72.8 Å². The zero-order valence-electron chi connectivity index (χ0n) is 24.9. The summed E-state index contributed by atoms with van der Waals surface area (Å²) in [6.45, 7) is 2.38. The highest BCUT2D eigenvalue weighted by molar-refractivity contribution is 6.21. The van der Waals surface area contributed by atoms with Crippen molar-refractivity contribution in [1.29, 1.82) is 0 Å². The fraction of sp³-hybridized carbons (Fsp3) is 0.297. The number of β-amino-alcohol motifs (C(OH)–C–C–N with tert-alkyl or cyclic N) is 1. The maximum atomic E-state index is 13.0. The van der Waals surface area contributed by atoms with Crippen molar-refractivity contribution in [3.8, 4) is 11.1 Å². The molecule has 0 spiro atoms. The highest BCUT2D eigenvalue weighted by Gasteiger charge is 2.36. The molecule has 0 radical (unpaired) electrons. The molecule has 0 aliphatic carbocycles. The van der Waals surface area contributed by atoms with Crippen LogP contribution >= 0.6 is 0 Å². The number of carbonyl (C=O) groups is 2. The first-order valence-corrected chi connectivity index (χ1v) is 15.5. The Morgan fingerprint density at radius 3 is 2.04 bits per heavy atom. The van der Waals surface area contributed by atoms with Crippen LogP contribution in [0.1, 0.15) is 68.2 Å². The largest absolute Gasteiger partial charge is 0.392 e. The fourth-order valence-electron chi connectivity index (χ4n) is 6.61. The molecule has 4 aromatic carbocycles. The summed E-state index contributed by atoms with van der Waals surface area (Å²) in [6, 6.07) is 30.7. The molecule has 2 N–H and O–H groups in total. The van der Waals surface area contributed by atoms with Gasteiger partial charge in [0.2, 0.25) is 0 Å². The van der Waals surface area contributed by atoms with Gasteiger partial charge < -0.3 is 19.7 Å². The number of amides is 2. The van der Waals surface area contributed by atoms with Gasteiger partial charge in [-0.15, -0.1) is 0 Å². The highest BCUT2D eigenvalue weighted by Crippen LogP contribution is 2.39. The molecule has 2 saturated heterocycles. The van der Waals surface area contributed by atoms with Crippen LogP contribution in [0.2, 0.25) is 0 Å². The predicted octanol–water partition coefficient (Wildman–Crippen LogP) is 5.25. The number of aliphatic hydroxyl groups is 2. The molecule has 7 rings (SSSR count). The lowest BCUT2D eigenvalue weighted by molar-refractivity contribution is -0.252.